The van der Waals surface area contributed by atoms with Crippen molar-refractivity contribution in [1.82, 2.24) is 0 Å². The third-order valence-corrected chi connectivity index (χ3v) is 4.34. The van der Waals surface area contributed by atoms with Crippen LogP contribution in [0.4, 0.5) is 5.69 Å². The van der Waals surface area contributed by atoms with Crippen LogP contribution in [0.25, 0.3) is 10.8 Å². The van der Waals surface area contributed by atoms with Gasteiger partial charge >= 0.3 is 0 Å². The van der Waals surface area contributed by atoms with Crippen molar-refractivity contribution in [2.75, 3.05) is 11.9 Å². The second kappa shape index (κ2) is 5.54. The van der Waals surface area contributed by atoms with E-state index < -0.39 is 0 Å². The summed E-state index contributed by atoms with van der Waals surface area (Å²) in [5.41, 5.74) is 2.07. The van der Waals surface area contributed by atoms with Crippen molar-refractivity contribution in [3.8, 4) is 6.07 Å². The van der Waals surface area contributed by atoms with Crippen molar-refractivity contribution >= 4 is 16.5 Å². The average Bonchev–Trinajstić information content (AvgIpc) is 2.44. The van der Waals surface area contributed by atoms with Gasteiger partial charge in [0.2, 0.25) is 0 Å². The quantitative estimate of drug-likeness (QED) is 0.862. The van der Waals surface area contributed by atoms with Crippen LogP contribution in [-0.4, -0.2) is 6.54 Å². The number of rotatable bonds is 4. The number of fused-ring (bicyclic) bond motifs is 1. The predicted molar refractivity (Wildman–Crippen MR) is 85.8 cm³/mol. The highest BCUT2D eigenvalue weighted by atomic mass is 14.9. The third kappa shape index (κ3) is 2.77. The summed E-state index contributed by atoms with van der Waals surface area (Å²) < 4.78 is 0. The van der Waals surface area contributed by atoms with Crippen LogP contribution in [0, 0.1) is 22.7 Å². The molecule has 0 saturated carbocycles. The zero-order valence-electron chi connectivity index (χ0n) is 12.7. The lowest BCUT2D eigenvalue weighted by molar-refractivity contribution is 0.270. The van der Waals surface area contributed by atoms with E-state index in [0.717, 1.165) is 28.6 Å². The normalized spacial score (nSPS) is 11.6. The lowest BCUT2D eigenvalue weighted by Crippen LogP contribution is -2.28. The van der Waals surface area contributed by atoms with Gasteiger partial charge in [-0.1, -0.05) is 52.0 Å². The van der Waals surface area contributed by atoms with E-state index in [1.54, 1.807) is 0 Å². The number of benzene rings is 2. The maximum Gasteiger partial charge on any atom is 0.0998 e. The SMILES string of the molecule is CC(C)C(C)(C)CNc1ccc(C#N)c2ccccc12. The van der Waals surface area contributed by atoms with Gasteiger partial charge in [-0.25, -0.2) is 0 Å². The number of nitrogens with one attached hydrogen (secondary N) is 1. The largest absolute Gasteiger partial charge is 0.384 e. The van der Waals surface area contributed by atoms with Gasteiger partial charge in [0.05, 0.1) is 11.6 Å². The Kier molecular flexibility index (Phi) is 3.99. The molecule has 0 aliphatic rings. The van der Waals surface area contributed by atoms with E-state index in [-0.39, 0.29) is 5.41 Å². The molecule has 0 fully saturated rings. The summed E-state index contributed by atoms with van der Waals surface area (Å²) in [5, 5.41) is 14.9. The summed E-state index contributed by atoms with van der Waals surface area (Å²) in [6, 6.07) is 14.2. The fourth-order valence-electron chi connectivity index (χ4n) is 2.08. The molecule has 0 unspecified atom stereocenters. The van der Waals surface area contributed by atoms with Crippen LogP contribution in [0.15, 0.2) is 36.4 Å². The van der Waals surface area contributed by atoms with Crippen molar-refractivity contribution in [2.24, 2.45) is 11.3 Å². The summed E-state index contributed by atoms with van der Waals surface area (Å²) in [6.45, 7) is 9.96. The van der Waals surface area contributed by atoms with Crippen LogP contribution in [0.5, 0.6) is 0 Å². The van der Waals surface area contributed by atoms with Crippen LogP contribution in [0.1, 0.15) is 33.3 Å². The number of hydrogen-bond donors (Lipinski definition) is 1. The van der Waals surface area contributed by atoms with Crippen LogP contribution in [0.3, 0.4) is 0 Å². The minimum absolute atomic E-state index is 0.231. The van der Waals surface area contributed by atoms with Crippen molar-refractivity contribution in [3.63, 3.8) is 0 Å². The van der Waals surface area contributed by atoms with Gasteiger partial charge in [0.25, 0.3) is 0 Å². The minimum atomic E-state index is 0.231. The molecule has 1 N–H and O–H groups in total. The Labute approximate surface area is 121 Å². The number of hydrogen-bond acceptors (Lipinski definition) is 2. The fourth-order valence-corrected chi connectivity index (χ4v) is 2.08. The molecule has 2 rings (SSSR count). The van der Waals surface area contributed by atoms with Crippen LogP contribution in [-0.2, 0) is 0 Å². The monoisotopic (exact) mass is 266 g/mol. The zero-order chi connectivity index (χ0) is 14.8. The molecule has 0 bridgehead atoms. The Hall–Kier alpha value is -2.01. The Morgan fingerprint density at radius 1 is 1.10 bits per heavy atom. The van der Waals surface area contributed by atoms with Gasteiger partial charge in [-0.15, -0.1) is 0 Å². The Morgan fingerprint density at radius 3 is 2.35 bits per heavy atom. The summed E-state index contributed by atoms with van der Waals surface area (Å²) in [6.07, 6.45) is 0. The molecular formula is C18H22N2. The first kappa shape index (κ1) is 14.4. The molecule has 0 atom stereocenters. The molecule has 2 aromatic carbocycles. The van der Waals surface area contributed by atoms with Crippen molar-refractivity contribution in [3.05, 3.63) is 42.0 Å². The van der Waals surface area contributed by atoms with E-state index in [2.05, 4.69) is 45.1 Å². The van der Waals surface area contributed by atoms with E-state index >= 15 is 0 Å². The van der Waals surface area contributed by atoms with E-state index in [4.69, 9.17) is 0 Å². The smallest absolute Gasteiger partial charge is 0.0998 e. The maximum atomic E-state index is 9.19. The molecule has 0 spiro atoms. The fraction of sp³-hybridized carbons (Fsp3) is 0.389. The minimum Gasteiger partial charge on any atom is -0.384 e. The van der Waals surface area contributed by atoms with Crippen LogP contribution < -0.4 is 5.32 Å². The highest BCUT2D eigenvalue weighted by Crippen LogP contribution is 2.30. The second-order valence-electron chi connectivity index (χ2n) is 6.31. The second-order valence-corrected chi connectivity index (χ2v) is 6.31. The number of nitriles is 1. The summed E-state index contributed by atoms with van der Waals surface area (Å²) >= 11 is 0. The van der Waals surface area contributed by atoms with Gasteiger partial charge in [0, 0.05) is 23.0 Å². The van der Waals surface area contributed by atoms with Gasteiger partial charge in [-0.3, -0.25) is 0 Å². The molecule has 20 heavy (non-hydrogen) atoms. The molecule has 0 radical (unpaired) electrons. The lowest BCUT2D eigenvalue weighted by atomic mass is 9.81. The van der Waals surface area contributed by atoms with Crippen molar-refractivity contribution in [1.29, 1.82) is 5.26 Å². The molecular weight excluding hydrogens is 244 g/mol. The van der Waals surface area contributed by atoms with Crippen LogP contribution >= 0.6 is 0 Å². The third-order valence-electron chi connectivity index (χ3n) is 4.34. The molecule has 2 heteroatoms. The molecule has 104 valence electrons. The van der Waals surface area contributed by atoms with Crippen molar-refractivity contribution < 1.29 is 0 Å². The molecule has 0 aliphatic carbocycles. The van der Waals surface area contributed by atoms with Crippen LogP contribution in [0.2, 0.25) is 0 Å². The highest BCUT2D eigenvalue weighted by Gasteiger charge is 2.22. The Balaban J connectivity index is 2.35. The Bertz CT molecular complexity index is 648. The first-order chi connectivity index (χ1) is 9.45. The van der Waals surface area contributed by atoms with Crippen molar-refractivity contribution in [2.45, 2.75) is 27.7 Å². The molecule has 2 nitrogen and oxygen atoms in total. The molecule has 0 saturated heterocycles. The molecule has 2 aromatic rings. The standard InChI is InChI=1S/C18H22N2/c1-13(2)18(3,4)12-20-17-10-9-14(11-19)15-7-5-6-8-16(15)17/h5-10,13,20H,12H2,1-4H3. The summed E-state index contributed by atoms with van der Waals surface area (Å²) in [7, 11) is 0. The Morgan fingerprint density at radius 2 is 1.75 bits per heavy atom. The molecule has 0 amide bonds. The van der Waals surface area contributed by atoms with E-state index in [1.165, 1.54) is 0 Å². The van der Waals surface area contributed by atoms with Gasteiger partial charge < -0.3 is 5.32 Å². The van der Waals surface area contributed by atoms with Gasteiger partial charge in [0.15, 0.2) is 0 Å². The van der Waals surface area contributed by atoms with Gasteiger partial charge in [-0.2, -0.15) is 5.26 Å². The summed E-state index contributed by atoms with van der Waals surface area (Å²) in [5.74, 6) is 0.611. The number of nitrogens with zero attached hydrogens (tertiary/aromatic N) is 1. The first-order valence-corrected chi connectivity index (χ1v) is 7.11. The lowest BCUT2D eigenvalue weighted by Gasteiger charge is -2.30. The topological polar surface area (TPSA) is 35.8 Å². The van der Waals surface area contributed by atoms with E-state index in [9.17, 15) is 5.26 Å². The molecule has 0 heterocycles. The molecule has 0 aromatic heterocycles. The highest BCUT2D eigenvalue weighted by molar-refractivity contribution is 5.97. The molecule has 0 aliphatic heterocycles. The zero-order valence-corrected chi connectivity index (χ0v) is 12.7. The van der Waals surface area contributed by atoms with Gasteiger partial charge in [0.1, 0.15) is 0 Å². The van der Waals surface area contributed by atoms with E-state index in [1.807, 2.05) is 30.3 Å². The summed E-state index contributed by atoms with van der Waals surface area (Å²) in [4.78, 5) is 0. The number of anilines is 1. The first-order valence-electron chi connectivity index (χ1n) is 7.11. The maximum absolute atomic E-state index is 9.19. The predicted octanol–water partition coefficient (Wildman–Crippen LogP) is 4.81. The van der Waals surface area contributed by atoms with Gasteiger partial charge in [-0.05, 0) is 23.5 Å². The average molecular weight is 266 g/mol. The van der Waals surface area contributed by atoms with E-state index in [0.29, 0.717) is 5.92 Å².